The first-order valence-corrected chi connectivity index (χ1v) is 8.96. The van der Waals surface area contributed by atoms with E-state index in [1.807, 2.05) is 56.3 Å². The van der Waals surface area contributed by atoms with Crippen molar-refractivity contribution in [2.45, 2.75) is 20.3 Å². The van der Waals surface area contributed by atoms with Gasteiger partial charge in [-0.05, 0) is 77.9 Å². The van der Waals surface area contributed by atoms with Crippen LogP contribution in [0.15, 0.2) is 42.5 Å². The standard InChI is InChI=1S/C19H19IN2O2/c1-12-3-4-13(2)17(9-12)22-11-14(10-18(22)23)19(24)21-16-7-5-15(20)6-8-16/h3-9,14H,10-11H2,1-2H3,(H,21,24). The van der Waals surface area contributed by atoms with Gasteiger partial charge in [0.1, 0.15) is 0 Å². The molecular formula is C19H19IN2O2. The van der Waals surface area contributed by atoms with Crippen LogP contribution in [-0.4, -0.2) is 18.4 Å². The zero-order valence-electron chi connectivity index (χ0n) is 13.7. The lowest BCUT2D eigenvalue weighted by atomic mass is 10.1. The number of carbonyl (C=O) groups is 2. The van der Waals surface area contributed by atoms with Crippen molar-refractivity contribution in [3.8, 4) is 0 Å². The van der Waals surface area contributed by atoms with Crippen LogP contribution in [0.2, 0.25) is 0 Å². The van der Waals surface area contributed by atoms with Gasteiger partial charge in [-0.3, -0.25) is 9.59 Å². The summed E-state index contributed by atoms with van der Waals surface area (Å²) in [6, 6.07) is 13.7. The fourth-order valence-corrected chi connectivity index (χ4v) is 3.26. The van der Waals surface area contributed by atoms with Crippen molar-refractivity contribution >= 4 is 45.8 Å². The number of nitrogens with one attached hydrogen (secondary N) is 1. The molecule has 0 aliphatic carbocycles. The number of carbonyl (C=O) groups excluding carboxylic acids is 2. The van der Waals surface area contributed by atoms with Crippen LogP contribution in [0.25, 0.3) is 0 Å². The number of halogens is 1. The van der Waals surface area contributed by atoms with Gasteiger partial charge in [0.05, 0.1) is 5.92 Å². The molecule has 2 amide bonds. The largest absolute Gasteiger partial charge is 0.326 e. The lowest BCUT2D eigenvalue weighted by Gasteiger charge is -2.19. The summed E-state index contributed by atoms with van der Waals surface area (Å²) < 4.78 is 1.11. The van der Waals surface area contributed by atoms with E-state index in [9.17, 15) is 9.59 Å². The van der Waals surface area contributed by atoms with E-state index in [4.69, 9.17) is 0 Å². The Hall–Kier alpha value is -1.89. The second-order valence-electron chi connectivity index (χ2n) is 6.19. The number of rotatable bonds is 3. The summed E-state index contributed by atoms with van der Waals surface area (Å²) >= 11 is 2.22. The molecule has 0 bridgehead atoms. The topological polar surface area (TPSA) is 49.4 Å². The molecule has 1 aliphatic heterocycles. The van der Waals surface area contributed by atoms with E-state index in [2.05, 4.69) is 27.9 Å². The summed E-state index contributed by atoms with van der Waals surface area (Å²) in [5.41, 5.74) is 3.82. The summed E-state index contributed by atoms with van der Waals surface area (Å²) in [6.07, 6.45) is 0.254. The molecule has 1 heterocycles. The predicted octanol–water partition coefficient (Wildman–Crippen LogP) is 3.90. The van der Waals surface area contributed by atoms with Crippen LogP contribution in [0.5, 0.6) is 0 Å². The van der Waals surface area contributed by atoms with Crippen LogP contribution < -0.4 is 10.2 Å². The van der Waals surface area contributed by atoms with Gasteiger partial charge >= 0.3 is 0 Å². The van der Waals surface area contributed by atoms with Gasteiger partial charge < -0.3 is 10.2 Å². The minimum atomic E-state index is -0.323. The molecule has 4 nitrogen and oxygen atoms in total. The first kappa shape index (κ1) is 17.0. The lowest BCUT2D eigenvalue weighted by Crippen LogP contribution is -2.28. The van der Waals surface area contributed by atoms with Crippen LogP contribution in [0.1, 0.15) is 17.5 Å². The number of benzene rings is 2. The molecule has 24 heavy (non-hydrogen) atoms. The highest BCUT2D eigenvalue weighted by molar-refractivity contribution is 14.1. The second-order valence-corrected chi connectivity index (χ2v) is 7.44. The van der Waals surface area contributed by atoms with Gasteiger partial charge in [-0.2, -0.15) is 0 Å². The van der Waals surface area contributed by atoms with Gasteiger partial charge in [0.15, 0.2) is 0 Å². The monoisotopic (exact) mass is 434 g/mol. The minimum absolute atomic E-state index is 0.00598. The summed E-state index contributed by atoms with van der Waals surface area (Å²) in [4.78, 5) is 26.6. The molecule has 5 heteroatoms. The fourth-order valence-electron chi connectivity index (χ4n) is 2.90. The average Bonchev–Trinajstić information content (AvgIpc) is 2.94. The molecule has 0 saturated carbocycles. The number of aryl methyl sites for hydroxylation is 2. The molecule has 0 radical (unpaired) electrons. The van der Waals surface area contributed by atoms with E-state index in [1.54, 1.807) is 4.90 Å². The van der Waals surface area contributed by atoms with Crippen LogP contribution in [-0.2, 0) is 9.59 Å². The third-order valence-corrected chi connectivity index (χ3v) is 4.98. The van der Waals surface area contributed by atoms with Gasteiger partial charge in [0.2, 0.25) is 11.8 Å². The molecule has 1 atom stereocenters. The van der Waals surface area contributed by atoms with Crippen molar-refractivity contribution in [3.63, 3.8) is 0 Å². The Labute approximate surface area is 155 Å². The van der Waals surface area contributed by atoms with E-state index in [-0.39, 0.29) is 24.2 Å². The number of amides is 2. The third kappa shape index (κ3) is 3.61. The Bertz CT molecular complexity index is 786. The van der Waals surface area contributed by atoms with E-state index in [0.717, 1.165) is 26.1 Å². The molecule has 0 aromatic heterocycles. The Kier molecular flexibility index (Phi) is 4.89. The molecule has 124 valence electrons. The van der Waals surface area contributed by atoms with E-state index >= 15 is 0 Å². The molecule has 1 saturated heterocycles. The molecule has 0 spiro atoms. The molecule has 1 aliphatic rings. The molecule has 2 aromatic carbocycles. The number of hydrogen-bond acceptors (Lipinski definition) is 2. The number of anilines is 2. The van der Waals surface area contributed by atoms with E-state index < -0.39 is 0 Å². The van der Waals surface area contributed by atoms with Crippen LogP contribution in [0.4, 0.5) is 11.4 Å². The quantitative estimate of drug-likeness (QED) is 0.746. The van der Waals surface area contributed by atoms with Gasteiger partial charge in [0, 0.05) is 27.9 Å². The van der Waals surface area contributed by atoms with Gasteiger partial charge in [0.25, 0.3) is 0 Å². The van der Waals surface area contributed by atoms with Crippen molar-refractivity contribution in [1.82, 2.24) is 0 Å². The van der Waals surface area contributed by atoms with Crippen molar-refractivity contribution in [2.24, 2.45) is 5.92 Å². The Morgan fingerprint density at radius 2 is 1.88 bits per heavy atom. The lowest BCUT2D eigenvalue weighted by molar-refractivity contribution is -0.122. The fraction of sp³-hybridized carbons (Fsp3) is 0.263. The third-order valence-electron chi connectivity index (χ3n) is 4.26. The highest BCUT2D eigenvalue weighted by Crippen LogP contribution is 2.29. The highest BCUT2D eigenvalue weighted by Gasteiger charge is 2.35. The van der Waals surface area contributed by atoms with Gasteiger partial charge in [-0.1, -0.05) is 12.1 Å². The first-order chi connectivity index (χ1) is 11.4. The SMILES string of the molecule is Cc1ccc(C)c(N2CC(C(=O)Nc3ccc(I)cc3)CC2=O)c1. The van der Waals surface area contributed by atoms with Crippen molar-refractivity contribution < 1.29 is 9.59 Å². The Morgan fingerprint density at radius 1 is 1.17 bits per heavy atom. The molecular weight excluding hydrogens is 415 g/mol. The molecule has 3 rings (SSSR count). The Morgan fingerprint density at radius 3 is 2.58 bits per heavy atom. The molecule has 1 unspecified atom stereocenters. The van der Waals surface area contributed by atoms with Crippen LogP contribution >= 0.6 is 22.6 Å². The maximum Gasteiger partial charge on any atom is 0.229 e. The normalized spacial score (nSPS) is 17.2. The predicted molar refractivity (Wildman–Crippen MR) is 104 cm³/mol. The second kappa shape index (κ2) is 6.93. The summed E-state index contributed by atoms with van der Waals surface area (Å²) in [5, 5.41) is 2.91. The zero-order chi connectivity index (χ0) is 17.3. The molecule has 1 fully saturated rings. The van der Waals surface area contributed by atoms with Gasteiger partial charge in [-0.15, -0.1) is 0 Å². The minimum Gasteiger partial charge on any atom is -0.326 e. The summed E-state index contributed by atoms with van der Waals surface area (Å²) in [5.74, 6) is -0.416. The van der Waals surface area contributed by atoms with Crippen LogP contribution in [0, 0.1) is 23.3 Å². The maximum absolute atomic E-state index is 12.5. The maximum atomic E-state index is 12.5. The summed E-state index contributed by atoms with van der Waals surface area (Å²) in [7, 11) is 0. The van der Waals surface area contributed by atoms with Crippen molar-refractivity contribution in [1.29, 1.82) is 0 Å². The Balaban J connectivity index is 1.73. The summed E-state index contributed by atoms with van der Waals surface area (Å²) in [6.45, 7) is 4.42. The average molecular weight is 434 g/mol. The molecule has 1 N–H and O–H groups in total. The van der Waals surface area contributed by atoms with E-state index in [0.29, 0.717) is 6.54 Å². The zero-order valence-corrected chi connectivity index (χ0v) is 15.8. The highest BCUT2D eigenvalue weighted by atomic mass is 127. The van der Waals surface area contributed by atoms with E-state index in [1.165, 1.54) is 0 Å². The van der Waals surface area contributed by atoms with Crippen molar-refractivity contribution in [3.05, 3.63) is 57.2 Å². The number of nitrogens with zero attached hydrogens (tertiary/aromatic N) is 1. The first-order valence-electron chi connectivity index (χ1n) is 7.88. The van der Waals surface area contributed by atoms with Crippen molar-refractivity contribution in [2.75, 3.05) is 16.8 Å². The molecule has 2 aromatic rings. The number of hydrogen-bond donors (Lipinski definition) is 1. The van der Waals surface area contributed by atoms with Crippen LogP contribution in [0.3, 0.4) is 0 Å². The van der Waals surface area contributed by atoms with Gasteiger partial charge in [-0.25, -0.2) is 0 Å². The smallest absolute Gasteiger partial charge is 0.229 e.